The smallest absolute Gasteiger partial charge is 0.167 e. The lowest BCUT2D eigenvalue weighted by molar-refractivity contribution is 0.441. The van der Waals surface area contributed by atoms with E-state index in [0.717, 1.165) is 67.0 Å². The van der Waals surface area contributed by atoms with Crippen molar-refractivity contribution in [3.8, 4) is 11.4 Å². The second-order valence-electron chi connectivity index (χ2n) is 9.50. The van der Waals surface area contributed by atoms with Crippen molar-refractivity contribution in [2.45, 2.75) is 38.6 Å². The number of nitrogens with zero attached hydrogens (tertiary/aromatic N) is 6. The minimum absolute atomic E-state index is 0.0453. The number of aryl methyl sites for hydroxylation is 1. The Morgan fingerprint density at radius 2 is 2.00 bits per heavy atom. The van der Waals surface area contributed by atoms with Crippen LogP contribution in [0.5, 0.6) is 0 Å². The molecule has 1 aliphatic carbocycles. The van der Waals surface area contributed by atoms with Gasteiger partial charge in [0.15, 0.2) is 17.5 Å². The molecule has 0 bridgehead atoms. The van der Waals surface area contributed by atoms with Gasteiger partial charge < -0.3 is 15.5 Å². The van der Waals surface area contributed by atoms with Crippen LogP contribution >= 0.6 is 11.6 Å². The molecule has 2 aliphatic rings. The zero-order valence-electron chi connectivity index (χ0n) is 21.0. The molecule has 0 aromatic carbocycles. The zero-order chi connectivity index (χ0) is 25.9. The predicted octanol–water partition coefficient (Wildman–Crippen LogP) is 5.42. The maximum atomic E-state index is 14.3. The molecule has 0 atom stereocenters. The van der Waals surface area contributed by atoms with Gasteiger partial charge in [-0.1, -0.05) is 11.6 Å². The van der Waals surface area contributed by atoms with Crippen molar-refractivity contribution in [1.82, 2.24) is 25.3 Å². The number of nitrogens with one attached hydrogen (secondary N) is 2. The number of piperidine rings is 1. The summed E-state index contributed by atoms with van der Waals surface area (Å²) in [7, 11) is 2.12. The highest BCUT2D eigenvalue weighted by molar-refractivity contribution is 6.30. The van der Waals surface area contributed by atoms with Crippen molar-refractivity contribution in [3.63, 3.8) is 0 Å². The number of pyridine rings is 2. The van der Waals surface area contributed by atoms with Gasteiger partial charge in [-0.05, 0) is 82.1 Å². The molecule has 0 radical (unpaired) electrons. The highest BCUT2D eigenvalue weighted by Crippen LogP contribution is 2.45. The van der Waals surface area contributed by atoms with Gasteiger partial charge in [0.1, 0.15) is 11.6 Å². The molecule has 5 rings (SSSR count). The Bertz CT molecular complexity index is 1330. The molecule has 1 saturated heterocycles. The molecular formula is C27H30ClFN8. The average molecular weight is 521 g/mol. The van der Waals surface area contributed by atoms with Gasteiger partial charge in [0.25, 0.3) is 0 Å². The SMILES string of the molecule is C=N/C=C(\c1c(C)nc(-c2ccnc(Nc3ncc(Cl)cc3F)c2)nc1N(C)C1CCNCC1)C1CC1. The first kappa shape index (κ1) is 25.2. The monoisotopic (exact) mass is 520 g/mol. The van der Waals surface area contributed by atoms with Crippen LogP contribution in [-0.2, 0) is 0 Å². The van der Waals surface area contributed by atoms with Crippen LogP contribution in [0.1, 0.15) is 36.9 Å². The number of aliphatic imine (C=N–C) groups is 1. The first-order valence-corrected chi connectivity index (χ1v) is 12.9. The van der Waals surface area contributed by atoms with Crippen LogP contribution in [0.25, 0.3) is 17.0 Å². The maximum absolute atomic E-state index is 14.3. The minimum Gasteiger partial charge on any atom is -0.356 e. The van der Waals surface area contributed by atoms with E-state index in [0.29, 0.717) is 23.6 Å². The molecule has 10 heteroatoms. The van der Waals surface area contributed by atoms with Crippen molar-refractivity contribution >= 4 is 41.3 Å². The van der Waals surface area contributed by atoms with E-state index in [4.69, 9.17) is 21.6 Å². The van der Waals surface area contributed by atoms with Crippen molar-refractivity contribution in [3.05, 3.63) is 58.9 Å². The summed E-state index contributed by atoms with van der Waals surface area (Å²) in [6.45, 7) is 7.69. The number of hydrogen-bond acceptors (Lipinski definition) is 8. The third kappa shape index (κ3) is 5.62. The number of allylic oxidation sites excluding steroid dienone is 1. The largest absolute Gasteiger partial charge is 0.356 e. The van der Waals surface area contributed by atoms with E-state index in [-0.39, 0.29) is 10.8 Å². The lowest BCUT2D eigenvalue weighted by Crippen LogP contribution is -2.42. The van der Waals surface area contributed by atoms with E-state index in [1.807, 2.05) is 19.2 Å². The molecule has 3 aromatic rings. The number of hydrogen-bond donors (Lipinski definition) is 2. The summed E-state index contributed by atoms with van der Waals surface area (Å²) in [5.41, 5.74) is 3.84. The quantitative estimate of drug-likeness (QED) is 0.383. The fraction of sp³-hybridized carbons (Fsp3) is 0.370. The molecule has 2 N–H and O–H groups in total. The molecule has 3 aromatic heterocycles. The molecule has 1 saturated carbocycles. The Morgan fingerprint density at radius 1 is 1.22 bits per heavy atom. The number of halogens is 2. The van der Waals surface area contributed by atoms with Gasteiger partial charge in [-0.2, -0.15) is 0 Å². The Morgan fingerprint density at radius 3 is 2.70 bits per heavy atom. The van der Waals surface area contributed by atoms with E-state index < -0.39 is 5.82 Å². The average Bonchev–Trinajstić information content (AvgIpc) is 3.75. The molecule has 37 heavy (non-hydrogen) atoms. The Labute approximate surface area is 221 Å². The number of anilines is 3. The summed E-state index contributed by atoms with van der Waals surface area (Å²) in [6, 6.07) is 5.22. The third-order valence-corrected chi connectivity index (χ3v) is 7.08. The fourth-order valence-corrected chi connectivity index (χ4v) is 4.92. The molecule has 1 aliphatic heterocycles. The summed E-state index contributed by atoms with van der Waals surface area (Å²) in [4.78, 5) is 24.8. The molecule has 192 valence electrons. The summed E-state index contributed by atoms with van der Waals surface area (Å²) in [5, 5.41) is 6.59. The maximum Gasteiger partial charge on any atom is 0.167 e. The zero-order valence-corrected chi connectivity index (χ0v) is 21.8. The Balaban J connectivity index is 1.55. The van der Waals surface area contributed by atoms with E-state index in [9.17, 15) is 4.39 Å². The van der Waals surface area contributed by atoms with Gasteiger partial charge in [0, 0.05) is 42.8 Å². The van der Waals surface area contributed by atoms with E-state index in [1.165, 1.54) is 12.3 Å². The molecule has 2 fully saturated rings. The van der Waals surface area contributed by atoms with Gasteiger partial charge in [0.2, 0.25) is 0 Å². The van der Waals surface area contributed by atoms with Crippen LogP contribution in [0.2, 0.25) is 5.02 Å². The molecular weight excluding hydrogens is 491 g/mol. The highest BCUT2D eigenvalue weighted by Gasteiger charge is 2.32. The lowest BCUT2D eigenvalue weighted by Gasteiger charge is -2.34. The second-order valence-corrected chi connectivity index (χ2v) is 9.94. The van der Waals surface area contributed by atoms with E-state index in [1.54, 1.807) is 12.3 Å². The predicted molar refractivity (Wildman–Crippen MR) is 147 cm³/mol. The van der Waals surface area contributed by atoms with Crippen LogP contribution in [0.15, 0.2) is 41.8 Å². The molecule has 0 spiro atoms. The minimum atomic E-state index is -0.558. The van der Waals surface area contributed by atoms with Crippen molar-refractivity contribution < 1.29 is 4.39 Å². The van der Waals surface area contributed by atoms with Gasteiger partial charge in [-0.3, -0.25) is 4.99 Å². The fourth-order valence-electron chi connectivity index (χ4n) is 4.78. The van der Waals surface area contributed by atoms with Crippen molar-refractivity contribution in [2.24, 2.45) is 10.9 Å². The lowest BCUT2D eigenvalue weighted by atomic mass is 9.98. The van der Waals surface area contributed by atoms with Crippen molar-refractivity contribution in [1.29, 1.82) is 0 Å². The Hall–Kier alpha value is -3.43. The standard InChI is InChI=1S/C27H30ClFN8/c1-16-24(21(15-30-2)17-4-5-17)27(37(3)20-7-9-31-10-8-20)36-25(34-16)18-6-11-32-23(12-18)35-26-22(29)13-19(28)14-33-26/h6,11-15,17,20,31H,2,4-5,7-10H2,1,3H3,(H,32,33,35)/b21-15-. The van der Waals surface area contributed by atoms with Gasteiger partial charge in [-0.25, -0.2) is 24.3 Å². The van der Waals surface area contributed by atoms with E-state index >= 15 is 0 Å². The van der Waals surface area contributed by atoms with Crippen molar-refractivity contribution in [2.75, 3.05) is 30.4 Å². The van der Waals surface area contributed by atoms with Crippen LogP contribution in [0.3, 0.4) is 0 Å². The normalized spacial score (nSPS) is 16.5. The summed E-state index contributed by atoms with van der Waals surface area (Å²) in [5.74, 6) is 1.85. The van der Waals surface area contributed by atoms with Crippen LogP contribution in [0, 0.1) is 18.7 Å². The third-order valence-electron chi connectivity index (χ3n) is 6.87. The van der Waals surface area contributed by atoms with Gasteiger partial charge >= 0.3 is 0 Å². The second kappa shape index (κ2) is 10.9. The van der Waals surface area contributed by atoms with Crippen LogP contribution in [0.4, 0.5) is 21.8 Å². The Kier molecular flexibility index (Phi) is 7.43. The number of aromatic nitrogens is 4. The molecule has 0 amide bonds. The van der Waals surface area contributed by atoms with Gasteiger partial charge in [-0.15, -0.1) is 0 Å². The topological polar surface area (TPSA) is 91.2 Å². The molecule has 0 unspecified atom stereocenters. The number of rotatable bonds is 8. The van der Waals surface area contributed by atoms with Crippen LogP contribution in [-0.4, -0.2) is 52.8 Å². The first-order valence-electron chi connectivity index (χ1n) is 12.5. The summed E-state index contributed by atoms with van der Waals surface area (Å²) in [6.07, 6.45) is 9.24. The van der Waals surface area contributed by atoms with E-state index in [2.05, 4.69) is 44.3 Å². The van der Waals surface area contributed by atoms with Crippen LogP contribution < -0.4 is 15.5 Å². The first-order chi connectivity index (χ1) is 17.9. The summed E-state index contributed by atoms with van der Waals surface area (Å²) < 4.78 is 14.3. The summed E-state index contributed by atoms with van der Waals surface area (Å²) >= 11 is 5.83. The molecule has 8 nitrogen and oxygen atoms in total. The van der Waals surface area contributed by atoms with Gasteiger partial charge in [0.05, 0.1) is 10.7 Å². The molecule has 4 heterocycles. The highest BCUT2D eigenvalue weighted by atomic mass is 35.5.